The predicted molar refractivity (Wildman–Crippen MR) is 71.1 cm³/mol. The van der Waals surface area contributed by atoms with Gasteiger partial charge in [-0.25, -0.2) is 4.98 Å². The molecule has 6 heteroatoms. The van der Waals surface area contributed by atoms with E-state index in [-0.39, 0.29) is 5.84 Å². The van der Waals surface area contributed by atoms with Gasteiger partial charge in [-0.2, -0.15) is 0 Å². The van der Waals surface area contributed by atoms with E-state index in [9.17, 15) is 0 Å². The molecular formula is C12H19N5O. The highest BCUT2D eigenvalue weighted by atomic mass is 16.4. The predicted octanol–water partition coefficient (Wildman–Crippen LogP) is 0.316. The highest BCUT2D eigenvalue weighted by Gasteiger charge is 2.21. The van der Waals surface area contributed by atoms with E-state index >= 15 is 0 Å². The second kappa shape index (κ2) is 5.22. The first kappa shape index (κ1) is 12.6. The van der Waals surface area contributed by atoms with E-state index < -0.39 is 0 Å². The fourth-order valence-corrected chi connectivity index (χ4v) is 2.06. The molecule has 0 saturated carbocycles. The van der Waals surface area contributed by atoms with Crippen molar-refractivity contribution in [2.75, 3.05) is 31.6 Å². The Kier molecular flexibility index (Phi) is 3.66. The Bertz CT molecular complexity index is 448. The van der Waals surface area contributed by atoms with Gasteiger partial charge >= 0.3 is 0 Å². The monoisotopic (exact) mass is 249 g/mol. The van der Waals surface area contributed by atoms with Gasteiger partial charge in [-0.05, 0) is 26.1 Å². The lowest BCUT2D eigenvalue weighted by Gasteiger charge is -2.38. The summed E-state index contributed by atoms with van der Waals surface area (Å²) in [6.07, 6.45) is 1.69. The van der Waals surface area contributed by atoms with Crippen LogP contribution in [-0.2, 0) is 0 Å². The second-order valence-electron chi connectivity index (χ2n) is 4.66. The van der Waals surface area contributed by atoms with Crippen molar-refractivity contribution in [2.24, 2.45) is 10.9 Å². The van der Waals surface area contributed by atoms with Crippen LogP contribution in [0.3, 0.4) is 0 Å². The summed E-state index contributed by atoms with van der Waals surface area (Å²) >= 11 is 0. The largest absolute Gasteiger partial charge is 0.409 e. The van der Waals surface area contributed by atoms with Gasteiger partial charge in [-0.15, -0.1) is 0 Å². The molecule has 0 amide bonds. The van der Waals surface area contributed by atoms with Gasteiger partial charge in [0.05, 0.1) is 0 Å². The van der Waals surface area contributed by atoms with Gasteiger partial charge in [0.25, 0.3) is 0 Å². The third-order valence-corrected chi connectivity index (χ3v) is 3.43. The number of nitrogens with two attached hydrogens (primary N) is 1. The van der Waals surface area contributed by atoms with Crippen LogP contribution in [0, 0.1) is 0 Å². The summed E-state index contributed by atoms with van der Waals surface area (Å²) in [4.78, 5) is 8.90. The van der Waals surface area contributed by atoms with E-state index in [1.807, 2.05) is 6.07 Å². The number of hydrogen-bond acceptors (Lipinski definition) is 5. The summed E-state index contributed by atoms with van der Waals surface area (Å²) in [5.74, 6) is 0.986. The molecule has 0 bridgehead atoms. The maximum atomic E-state index is 8.69. The van der Waals surface area contributed by atoms with Crippen LogP contribution in [0.2, 0.25) is 0 Å². The summed E-state index contributed by atoms with van der Waals surface area (Å²) in [5.41, 5.74) is 6.28. The fourth-order valence-electron chi connectivity index (χ4n) is 2.06. The molecule has 18 heavy (non-hydrogen) atoms. The number of rotatable bonds is 2. The van der Waals surface area contributed by atoms with E-state index in [1.54, 1.807) is 12.3 Å². The molecule has 0 spiro atoms. The van der Waals surface area contributed by atoms with Crippen molar-refractivity contribution in [2.45, 2.75) is 13.0 Å². The number of anilines is 1. The number of amidine groups is 1. The lowest BCUT2D eigenvalue weighted by atomic mass is 10.2. The van der Waals surface area contributed by atoms with Gasteiger partial charge in [0.1, 0.15) is 5.82 Å². The van der Waals surface area contributed by atoms with E-state index in [0.717, 1.165) is 25.5 Å². The third-order valence-electron chi connectivity index (χ3n) is 3.43. The minimum Gasteiger partial charge on any atom is -0.409 e. The van der Waals surface area contributed by atoms with Crippen LogP contribution in [0.1, 0.15) is 12.5 Å². The Hall–Kier alpha value is -1.82. The Morgan fingerprint density at radius 3 is 3.00 bits per heavy atom. The SMILES string of the molecule is CC1CN(c2cc(C(N)=NO)ccn2)CCN1C. The van der Waals surface area contributed by atoms with Crippen molar-refractivity contribution in [3.63, 3.8) is 0 Å². The van der Waals surface area contributed by atoms with Crippen LogP contribution in [0.5, 0.6) is 0 Å². The van der Waals surface area contributed by atoms with Crippen LogP contribution in [0.4, 0.5) is 5.82 Å². The number of aromatic nitrogens is 1. The molecule has 1 fully saturated rings. The maximum absolute atomic E-state index is 8.69. The smallest absolute Gasteiger partial charge is 0.170 e. The molecule has 1 unspecified atom stereocenters. The van der Waals surface area contributed by atoms with E-state index in [4.69, 9.17) is 10.9 Å². The average Bonchev–Trinajstić information content (AvgIpc) is 2.41. The minimum absolute atomic E-state index is 0.112. The molecule has 1 atom stereocenters. The van der Waals surface area contributed by atoms with Crippen molar-refractivity contribution >= 4 is 11.7 Å². The van der Waals surface area contributed by atoms with Gasteiger partial charge in [-0.3, -0.25) is 0 Å². The molecule has 0 radical (unpaired) electrons. The highest BCUT2D eigenvalue weighted by molar-refractivity contribution is 5.97. The normalized spacial score (nSPS) is 22.2. The average molecular weight is 249 g/mol. The molecule has 0 aromatic carbocycles. The van der Waals surface area contributed by atoms with Crippen molar-refractivity contribution in [3.05, 3.63) is 23.9 Å². The number of likely N-dealkylation sites (N-methyl/N-ethyl adjacent to an activating group) is 1. The van der Waals surface area contributed by atoms with Crippen LogP contribution in [0.15, 0.2) is 23.5 Å². The molecule has 1 aromatic rings. The Morgan fingerprint density at radius 2 is 2.33 bits per heavy atom. The molecule has 1 aromatic heterocycles. The van der Waals surface area contributed by atoms with E-state index in [0.29, 0.717) is 11.6 Å². The minimum atomic E-state index is 0.112. The number of oxime groups is 1. The maximum Gasteiger partial charge on any atom is 0.170 e. The van der Waals surface area contributed by atoms with Gasteiger partial charge < -0.3 is 20.7 Å². The standard InChI is InChI=1S/C12H19N5O/c1-9-8-17(6-5-16(9)2)11-7-10(3-4-14-11)12(13)15-18/h3-4,7,9,18H,5-6,8H2,1-2H3,(H2,13,15). The molecule has 2 heterocycles. The topological polar surface area (TPSA) is 78.0 Å². The zero-order valence-corrected chi connectivity index (χ0v) is 10.7. The molecule has 1 saturated heterocycles. The van der Waals surface area contributed by atoms with Gasteiger partial charge in [-0.1, -0.05) is 5.16 Å². The van der Waals surface area contributed by atoms with Crippen molar-refractivity contribution in [1.82, 2.24) is 9.88 Å². The quantitative estimate of drug-likeness (QED) is 0.341. The van der Waals surface area contributed by atoms with Crippen LogP contribution < -0.4 is 10.6 Å². The second-order valence-corrected chi connectivity index (χ2v) is 4.66. The number of pyridine rings is 1. The van der Waals surface area contributed by atoms with Gasteiger partial charge in [0.15, 0.2) is 5.84 Å². The summed E-state index contributed by atoms with van der Waals surface area (Å²) in [5, 5.41) is 11.7. The first-order valence-corrected chi connectivity index (χ1v) is 6.01. The molecule has 98 valence electrons. The van der Waals surface area contributed by atoms with Crippen molar-refractivity contribution in [1.29, 1.82) is 0 Å². The van der Waals surface area contributed by atoms with E-state index in [1.165, 1.54) is 0 Å². The number of hydrogen-bond donors (Lipinski definition) is 2. The molecular weight excluding hydrogens is 230 g/mol. The van der Waals surface area contributed by atoms with Gasteiger partial charge in [0.2, 0.25) is 0 Å². The lowest BCUT2D eigenvalue weighted by Crippen LogP contribution is -2.50. The van der Waals surface area contributed by atoms with Crippen molar-refractivity contribution in [3.8, 4) is 0 Å². The Balaban J connectivity index is 2.19. The first-order valence-electron chi connectivity index (χ1n) is 6.01. The van der Waals surface area contributed by atoms with Crippen LogP contribution in [0.25, 0.3) is 0 Å². The molecule has 1 aliphatic rings. The van der Waals surface area contributed by atoms with Crippen LogP contribution in [-0.4, -0.2) is 53.7 Å². The third kappa shape index (κ3) is 2.53. The summed E-state index contributed by atoms with van der Waals surface area (Å²) in [6, 6.07) is 4.08. The molecule has 0 aliphatic carbocycles. The number of piperazine rings is 1. The van der Waals surface area contributed by atoms with Crippen molar-refractivity contribution < 1.29 is 5.21 Å². The first-order chi connectivity index (χ1) is 8.61. The molecule has 2 rings (SSSR count). The highest BCUT2D eigenvalue weighted by Crippen LogP contribution is 2.17. The number of nitrogens with zero attached hydrogens (tertiary/aromatic N) is 4. The van der Waals surface area contributed by atoms with Gasteiger partial charge in [0, 0.05) is 37.4 Å². The fraction of sp³-hybridized carbons (Fsp3) is 0.500. The lowest BCUT2D eigenvalue weighted by molar-refractivity contribution is 0.233. The molecule has 1 aliphatic heterocycles. The summed E-state index contributed by atoms with van der Waals surface area (Å²) in [6.45, 7) is 5.08. The molecule has 3 N–H and O–H groups in total. The Morgan fingerprint density at radius 1 is 1.56 bits per heavy atom. The van der Waals surface area contributed by atoms with E-state index in [2.05, 4.69) is 33.9 Å². The zero-order valence-electron chi connectivity index (χ0n) is 10.7. The summed E-state index contributed by atoms with van der Waals surface area (Å²) in [7, 11) is 2.13. The molecule has 6 nitrogen and oxygen atoms in total. The summed E-state index contributed by atoms with van der Waals surface area (Å²) < 4.78 is 0. The zero-order chi connectivity index (χ0) is 13.1. The van der Waals surface area contributed by atoms with Crippen LogP contribution >= 0.6 is 0 Å². The Labute approximate surface area is 107 Å².